The molecule has 4 N–H and O–H groups in total. The summed E-state index contributed by atoms with van der Waals surface area (Å²) in [5.74, 6) is -0.214. The van der Waals surface area contributed by atoms with Crippen LogP contribution in [0.3, 0.4) is 0 Å². The predicted octanol–water partition coefficient (Wildman–Crippen LogP) is 0.123. The molecule has 0 saturated carbocycles. The highest BCUT2D eigenvalue weighted by atomic mass is 32.2. The van der Waals surface area contributed by atoms with E-state index in [1.165, 1.54) is 4.31 Å². The second-order valence-electron chi connectivity index (χ2n) is 3.88. The van der Waals surface area contributed by atoms with E-state index in [1.807, 2.05) is 13.8 Å². The average molecular weight is 250 g/mol. The van der Waals surface area contributed by atoms with E-state index in [9.17, 15) is 8.42 Å². The lowest BCUT2D eigenvalue weighted by molar-refractivity contribution is 0.422. The molecular weight excluding hydrogens is 228 g/mol. The van der Waals surface area contributed by atoms with Gasteiger partial charge in [0.2, 0.25) is 0 Å². The maximum atomic E-state index is 11.9. The topological polar surface area (TPSA) is 99.3 Å². The third-order valence-electron chi connectivity index (χ3n) is 2.32. The molecule has 0 aliphatic carbocycles. The van der Waals surface area contributed by atoms with Gasteiger partial charge in [-0.15, -0.1) is 0 Å². The summed E-state index contributed by atoms with van der Waals surface area (Å²) in [5, 5.41) is 7.35. The van der Waals surface area contributed by atoms with Crippen LogP contribution in [0.25, 0.3) is 0 Å². The number of amidine groups is 1. The molecule has 0 spiro atoms. The molecule has 7 heteroatoms. The minimum absolute atomic E-state index is 0.0529. The minimum Gasteiger partial charge on any atom is -0.386 e. The molecule has 0 rings (SSSR count). The van der Waals surface area contributed by atoms with Gasteiger partial charge in [0, 0.05) is 13.1 Å². The number of nitrogens with one attached hydrogen (secondary N) is 2. The van der Waals surface area contributed by atoms with Gasteiger partial charge in [-0.25, -0.2) is 0 Å². The van der Waals surface area contributed by atoms with Crippen LogP contribution in [0.4, 0.5) is 0 Å². The van der Waals surface area contributed by atoms with Gasteiger partial charge in [-0.3, -0.25) is 5.41 Å². The lowest BCUT2D eigenvalue weighted by Gasteiger charge is -2.25. The van der Waals surface area contributed by atoms with Crippen molar-refractivity contribution < 1.29 is 8.42 Å². The third kappa shape index (κ3) is 4.07. The van der Waals surface area contributed by atoms with Crippen LogP contribution in [0.1, 0.15) is 27.7 Å². The van der Waals surface area contributed by atoms with Gasteiger partial charge >= 0.3 is 0 Å². The number of rotatable bonds is 7. The molecule has 1 unspecified atom stereocenters. The standard InChI is InChI=1S/C9H22N4O2S/c1-5-13(6-2)16(14,15)12-8(7(3)4)9(10)11/h7-8,12H,5-6H2,1-4H3,(H3,10,11). The fraction of sp³-hybridized carbons (Fsp3) is 0.889. The molecule has 0 aromatic rings. The lowest BCUT2D eigenvalue weighted by atomic mass is 10.1. The summed E-state index contributed by atoms with van der Waals surface area (Å²) in [7, 11) is -3.55. The maximum absolute atomic E-state index is 11.9. The number of nitrogens with two attached hydrogens (primary N) is 1. The Morgan fingerprint density at radius 2 is 1.81 bits per heavy atom. The molecule has 6 nitrogen and oxygen atoms in total. The predicted molar refractivity (Wildman–Crippen MR) is 65.5 cm³/mol. The summed E-state index contributed by atoms with van der Waals surface area (Å²) < 4.78 is 27.5. The fourth-order valence-corrected chi connectivity index (χ4v) is 2.91. The van der Waals surface area contributed by atoms with Crippen molar-refractivity contribution in [1.29, 1.82) is 5.41 Å². The minimum atomic E-state index is -3.55. The molecule has 96 valence electrons. The quantitative estimate of drug-likeness (QED) is 0.442. The Kier molecular flexibility index (Phi) is 5.91. The Hall–Kier alpha value is -0.660. The fourth-order valence-electron chi connectivity index (χ4n) is 1.36. The van der Waals surface area contributed by atoms with Crippen LogP contribution in [-0.4, -0.2) is 37.7 Å². The van der Waals surface area contributed by atoms with E-state index in [0.29, 0.717) is 13.1 Å². The number of hydrogen-bond acceptors (Lipinski definition) is 3. The van der Waals surface area contributed by atoms with E-state index in [1.54, 1.807) is 13.8 Å². The van der Waals surface area contributed by atoms with Crippen LogP contribution in [-0.2, 0) is 10.2 Å². The van der Waals surface area contributed by atoms with Crippen molar-refractivity contribution in [3.63, 3.8) is 0 Å². The monoisotopic (exact) mass is 250 g/mol. The molecule has 0 aromatic carbocycles. The maximum Gasteiger partial charge on any atom is 0.280 e. The molecule has 0 bridgehead atoms. The van der Waals surface area contributed by atoms with E-state index in [0.717, 1.165) is 0 Å². The molecule has 16 heavy (non-hydrogen) atoms. The second kappa shape index (κ2) is 6.17. The van der Waals surface area contributed by atoms with Crippen LogP contribution < -0.4 is 10.5 Å². The first-order chi connectivity index (χ1) is 7.26. The molecule has 1 atom stereocenters. The van der Waals surface area contributed by atoms with E-state index >= 15 is 0 Å². The van der Waals surface area contributed by atoms with E-state index in [-0.39, 0.29) is 11.8 Å². The molecule has 0 amide bonds. The van der Waals surface area contributed by atoms with Crippen LogP contribution in [0, 0.1) is 11.3 Å². The zero-order valence-corrected chi connectivity index (χ0v) is 11.1. The summed E-state index contributed by atoms with van der Waals surface area (Å²) in [5.41, 5.74) is 5.37. The first-order valence-electron chi connectivity index (χ1n) is 5.37. The molecule has 0 saturated heterocycles. The largest absolute Gasteiger partial charge is 0.386 e. The van der Waals surface area contributed by atoms with Crippen LogP contribution in [0.5, 0.6) is 0 Å². The zero-order valence-electron chi connectivity index (χ0n) is 10.3. The smallest absolute Gasteiger partial charge is 0.280 e. The van der Waals surface area contributed by atoms with Crippen molar-refractivity contribution in [2.75, 3.05) is 13.1 Å². The van der Waals surface area contributed by atoms with Gasteiger partial charge < -0.3 is 5.73 Å². The van der Waals surface area contributed by atoms with Crippen molar-refractivity contribution in [2.45, 2.75) is 33.7 Å². The Morgan fingerprint density at radius 3 is 2.06 bits per heavy atom. The number of nitrogens with zero attached hydrogens (tertiary/aromatic N) is 1. The van der Waals surface area contributed by atoms with Gasteiger partial charge in [-0.2, -0.15) is 17.4 Å². The Morgan fingerprint density at radius 1 is 1.38 bits per heavy atom. The van der Waals surface area contributed by atoms with Crippen molar-refractivity contribution in [2.24, 2.45) is 11.7 Å². The van der Waals surface area contributed by atoms with Crippen molar-refractivity contribution in [1.82, 2.24) is 9.03 Å². The first kappa shape index (κ1) is 15.3. The van der Waals surface area contributed by atoms with Gasteiger partial charge in [0.1, 0.15) is 5.84 Å². The molecule has 0 heterocycles. The molecular formula is C9H22N4O2S. The van der Waals surface area contributed by atoms with Crippen molar-refractivity contribution in [3.8, 4) is 0 Å². The van der Waals surface area contributed by atoms with Crippen molar-refractivity contribution in [3.05, 3.63) is 0 Å². The lowest BCUT2D eigenvalue weighted by Crippen LogP contribution is -2.52. The van der Waals surface area contributed by atoms with Gasteiger partial charge in [0.05, 0.1) is 6.04 Å². The van der Waals surface area contributed by atoms with Crippen molar-refractivity contribution >= 4 is 16.0 Å². The van der Waals surface area contributed by atoms with Gasteiger partial charge in [-0.1, -0.05) is 27.7 Å². The molecule has 0 aromatic heterocycles. The summed E-state index contributed by atoms with van der Waals surface area (Å²) >= 11 is 0. The highest BCUT2D eigenvalue weighted by Crippen LogP contribution is 2.05. The average Bonchev–Trinajstić information content (AvgIpc) is 2.14. The Balaban J connectivity index is 4.86. The summed E-state index contributed by atoms with van der Waals surface area (Å²) in [6.07, 6.45) is 0. The van der Waals surface area contributed by atoms with Crippen LogP contribution in [0.2, 0.25) is 0 Å². The van der Waals surface area contributed by atoms with Gasteiger partial charge in [0.25, 0.3) is 10.2 Å². The zero-order chi connectivity index (χ0) is 12.9. The van der Waals surface area contributed by atoms with Crippen LogP contribution in [0.15, 0.2) is 0 Å². The Bertz CT molecular complexity index is 322. The van der Waals surface area contributed by atoms with Gasteiger partial charge in [-0.05, 0) is 5.92 Å². The normalized spacial score (nSPS) is 14.4. The van der Waals surface area contributed by atoms with Crippen LogP contribution >= 0.6 is 0 Å². The molecule has 0 aliphatic heterocycles. The Labute approximate surface area is 97.9 Å². The highest BCUT2D eigenvalue weighted by molar-refractivity contribution is 7.87. The molecule has 0 aliphatic rings. The molecule has 0 fully saturated rings. The summed E-state index contributed by atoms with van der Waals surface area (Å²) in [6.45, 7) is 7.96. The summed E-state index contributed by atoms with van der Waals surface area (Å²) in [4.78, 5) is 0. The number of hydrogen-bond donors (Lipinski definition) is 3. The third-order valence-corrected chi connectivity index (χ3v) is 4.07. The van der Waals surface area contributed by atoms with Gasteiger partial charge in [0.15, 0.2) is 0 Å². The summed E-state index contributed by atoms with van der Waals surface area (Å²) in [6, 6.07) is -0.648. The highest BCUT2D eigenvalue weighted by Gasteiger charge is 2.26. The van der Waals surface area contributed by atoms with E-state index in [2.05, 4.69) is 4.72 Å². The van der Waals surface area contributed by atoms with E-state index < -0.39 is 16.3 Å². The first-order valence-corrected chi connectivity index (χ1v) is 6.81. The van der Waals surface area contributed by atoms with E-state index in [4.69, 9.17) is 11.1 Å². The second-order valence-corrected chi connectivity index (χ2v) is 5.59. The SMILES string of the molecule is CCN(CC)S(=O)(=O)NC(C(=N)N)C(C)C. The molecule has 0 radical (unpaired) electrons.